The first kappa shape index (κ1) is 12.7. The second kappa shape index (κ2) is 7.15. The number of esters is 1. The Morgan fingerprint density at radius 3 is 2.62 bits per heavy atom. The predicted octanol–water partition coefficient (Wildman–Crippen LogP) is 1.50. The smallest absolute Gasteiger partial charge is 0.319 e. The van der Waals surface area contributed by atoms with Crippen LogP contribution in [0.25, 0.3) is 0 Å². The van der Waals surface area contributed by atoms with E-state index in [0.717, 1.165) is 0 Å². The second-order valence-electron chi connectivity index (χ2n) is 3.17. The van der Waals surface area contributed by atoms with Gasteiger partial charge in [-0.05, 0) is 19.8 Å². The van der Waals surface area contributed by atoms with Gasteiger partial charge in [0.25, 0.3) is 0 Å². The van der Waals surface area contributed by atoms with Crippen LogP contribution in [0, 0.1) is 0 Å². The number of rotatable bonds is 4. The van der Waals surface area contributed by atoms with Crippen molar-refractivity contribution in [2.75, 3.05) is 13.2 Å². The molecule has 4 heteroatoms. The monoisotopic (exact) mass is 207 g/mol. The fraction of sp³-hybridized carbons (Fsp3) is 0.889. The van der Waals surface area contributed by atoms with Gasteiger partial charge in [-0.15, -0.1) is 12.4 Å². The van der Waals surface area contributed by atoms with Crippen molar-refractivity contribution < 1.29 is 9.53 Å². The van der Waals surface area contributed by atoms with Crippen LogP contribution in [0.4, 0.5) is 0 Å². The molecule has 0 spiro atoms. The van der Waals surface area contributed by atoms with Crippen LogP contribution >= 0.6 is 12.4 Å². The zero-order chi connectivity index (χ0) is 8.81. The summed E-state index contributed by atoms with van der Waals surface area (Å²) in [6.07, 6.45) is 5.00. The molecule has 0 unspecified atom stereocenters. The Balaban J connectivity index is 0.00000144. The third-order valence-corrected chi connectivity index (χ3v) is 2.20. The molecule has 1 rings (SSSR count). The summed E-state index contributed by atoms with van der Waals surface area (Å²) in [5.41, 5.74) is 0. The van der Waals surface area contributed by atoms with Crippen LogP contribution in [0.5, 0.6) is 0 Å². The number of ether oxygens (including phenoxy) is 1. The number of carbonyl (C=O) groups excluding carboxylic acids is 1. The average molecular weight is 208 g/mol. The SMILES string of the molecule is CCOC(=O)CNC1CCCC1.Cl. The number of hydrogen-bond donors (Lipinski definition) is 1. The molecule has 0 saturated heterocycles. The van der Waals surface area contributed by atoms with Gasteiger partial charge in [-0.1, -0.05) is 12.8 Å². The lowest BCUT2D eigenvalue weighted by Gasteiger charge is -2.10. The van der Waals surface area contributed by atoms with E-state index in [1.165, 1.54) is 25.7 Å². The number of carbonyl (C=O) groups is 1. The van der Waals surface area contributed by atoms with E-state index in [0.29, 0.717) is 19.2 Å². The molecule has 0 aromatic heterocycles. The van der Waals surface area contributed by atoms with Gasteiger partial charge in [-0.3, -0.25) is 4.79 Å². The minimum Gasteiger partial charge on any atom is -0.465 e. The topological polar surface area (TPSA) is 38.3 Å². The summed E-state index contributed by atoms with van der Waals surface area (Å²) >= 11 is 0. The standard InChI is InChI=1S/C9H17NO2.ClH/c1-2-12-9(11)7-10-8-5-3-4-6-8;/h8,10H,2-7H2,1H3;1H. The van der Waals surface area contributed by atoms with E-state index in [4.69, 9.17) is 4.74 Å². The maximum atomic E-state index is 10.9. The summed E-state index contributed by atoms with van der Waals surface area (Å²) < 4.78 is 4.80. The fourth-order valence-corrected chi connectivity index (χ4v) is 1.57. The summed E-state index contributed by atoms with van der Waals surface area (Å²) in [5, 5.41) is 3.19. The second-order valence-corrected chi connectivity index (χ2v) is 3.17. The van der Waals surface area contributed by atoms with Crippen molar-refractivity contribution in [3.63, 3.8) is 0 Å². The molecule has 0 bridgehead atoms. The summed E-state index contributed by atoms with van der Waals surface area (Å²) in [6, 6.07) is 0.550. The molecule has 1 fully saturated rings. The van der Waals surface area contributed by atoms with Gasteiger partial charge in [0.15, 0.2) is 0 Å². The molecular formula is C9H18ClNO2. The Bertz CT molecular complexity index is 147. The highest BCUT2D eigenvalue weighted by Gasteiger charge is 2.15. The third-order valence-electron chi connectivity index (χ3n) is 2.20. The summed E-state index contributed by atoms with van der Waals surface area (Å²) in [5.74, 6) is -0.135. The van der Waals surface area contributed by atoms with E-state index < -0.39 is 0 Å². The molecule has 1 aliphatic carbocycles. The molecule has 0 aromatic carbocycles. The molecule has 1 N–H and O–H groups in total. The molecular weight excluding hydrogens is 190 g/mol. The minimum atomic E-state index is -0.135. The first-order valence-electron chi connectivity index (χ1n) is 4.72. The van der Waals surface area contributed by atoms with Crippen LogP contribution < -0.4 is 5.32 Å². The molecule has 1 aliphatic rings. The highest BCUT2D eigenvalue weighted by Crippen LogP contribution is 2.17. The lowest BCUT2D eigenvalue weighted by molar-refractivity contribution is -0.142. The Morgan fingerprint density at radius 1 is 1.46 bits per heavy atom. The van der Waals surface area contributed by atoms with E-state index in [-0.39, 0.29) is 18.4 Å². The van der Waals surface area contributed by atoms with Crippen LogP contribution in [-0.4, -0.2) is 25.2 Å². The molecule has 78 valence electrons. The third kappa shape index (κ3) is 5.11. The highest BCUT2D eigenvalue weighted by atomic mass is 35.5. The van der Waals surface area contributed by atoms with Gasteiger partial charge in [-0.25, -0.2) is 0 Å². The summed E-state index contributed by atoms with van der Waals surface area (Å²) in [6.45, 7) is 2.68. The normalized spacial score (nSPS) is 16.7. The number of halogens is 1. The van der Waals surface area contributed by atoms with Gasteiger partial charge >= 0.3 is 5.97 Å². The molecule has 0 aliphatic heterocycles. The molecule has 0 heterocycles. The Labute approximate surface area is 85.6 Å². The van der Waals surface area contributed by atoms with Crippen molar-refractivity contribution in [2.24, 2.45) is 0 Å². The molecule has 13 heavy (non-hydrogen) atoms. The van der Waals surface area contributed by atoms with Crippen molar-refractivity contribution >= 4 is 18.4 Å². The van der Waals surface area contributed by atoms with Crippen LogP contribution in [0.1, 0.15) is 32.6 Å². The quantitative estimate of drug-likeness (QED) is 0.711. The summed E-state index contributed by atoms with van der Waals surface area (Å²) in [4.78, 5) is 10.9. The predicted molar refractivity (Wildman–Crippen MR) is 54.1 cm³/mol. The lowest BCUT2D eigenvalue weighted by Crippen LogP contribution is -2.32. The Hall–Kier alpha value is -0.280. The van der Waals surface area contributed by atoms with E-state index in [1.54, 1.807) is 0 Å². The van der Waals surface area contributed by atoms with Crippen LogP contribution in [0.3, 0.4) is 0 Å². The molecule has 0 radical (unpaired) electrons. The maximum absolute atomic E-state index is 10.9. The molecule has 0 atom stereocenters. The Kier molecular flexibility index (Phi) is 7.00. The van der Waals surface area contributed by atoms with Crippen molar-refractivity contribution in [1.29, 1.82) is 0 Å². The summed E-state index contributed by atoms with van der Waals surface area (Å²) in [7, 11) is 0. The van der Waals surface area contributed by atoms with E-state index in [1.807, 2.05) is 6.92 Å². The molecule has 0 aromatic rings. The van der Waals surface area contributed by atoms with Gasteiger partial charge in [0.1, 0.15) is 0 Å². The number of hydrogen-bond acceptors (Lipinski definition) is 3. The Morgan fingerprint density at radius 2 is 2.08 bits per heavy atom. The average Bonchev–Trinajstić information content (AvgIpc) is 2.53. The lowest BCUT2D eigenvalue weighted by atomic mass is 10.2. The van der Waals surface area contributed by atoms with Crippen LogP contribution in [0.2, 0.25) is 0 Å². The molecule has 0 amide bonds. The van der Waals surface area contributed by atoms with E-state index in [9.17, 15) is 4.79 Å². The molecule has 1 saturated carbocycles. The number of nitrogens with one attached hydrogen (secondary N) is 1. The fourth-order valence-electron chi connectivity index (χ4n) is 1.57. The van der Waals surface area contributed by atoms with Gasteiger partial charge in [0.2, 0.25) is 0 Å². The highest BCUT2D eigenvalue weighted by molar-refractivity contribution is 5.85. The van der Waals surface area contributed by atoms with Crippen molar-refractivity contribution in [2.45, 2.75) is 38.6 Å². The zero-order valence-corrected chi connectivity index (χ0v) is 8.86. The molecule has 3 nitrogen and oxygen atoms in total. The van der Waals surface area contributed by atoms with Gasteiger partial charge in [0.05, 0.1) is 13.2 Å². The van der Waals surface area contributed by atoms with Crippen molar-refractivity contribution in [3.8, 4) is 0 Å². The zero-order valence-electron chi connectivity index (χ0n) is 8.04. The van der Waals surface area contributed by atoms with Gasteiger partial charge in [0, 0.05) is 6.04 Å². The maximum Gasteiger partial charge on any atom is 0.319 e. The van der Waals surface area contributed by atoms with Crippen LogP contribution in [-0.2, 0) is 9.53 Å². The minimum absolute atomic E-state index is 0. The van der Waals surface area contributed by atoms with Crippen LogP contribution in [0.15, 0.2) is 0 Å². The first-order chi connectivity index (χ1) is 5.83. The van der Waals surface area contributed by atoms with Crippen molar-refractivity contribution in [3.05, 3.63) is 0 Å². The van der Waals surface area contributed by atoms with E-state index >= 15 is 0 Å². The first-order valence-corrected chi connectivity index (χ1v) is 4.72. The van der Waals surface area contributed by atoms with Gasteiger partial charge < -0.3 is 10.1 Å². The van der Waals surface area contributed by atoms with E-state index in [2.05, 4.69) is 5.32 Å². The van der Waals surface area contributed by atoms with Gasteiger partial charge in [-0.2, -0.15) is 0 Å². The largest absolute Gasteiger partial charge is 0.465 e. The van der Waals surface area contributed by atoms with Crippen molar-refractivity contribution in [1.82, 2.24) is 5.32 Å².